The van der Waals surface area contributed by atoms with Crippen molar-refractivity contribution in [3.05, 3.63) is 72.1 Å². The number of anilines is 2. The van der Waals surface area contributed by atoms with Gasteiger partial charge < -0.3 is 25.8 Å². The maximum Gasteiger partial charge on any atom is 0.429 e. The molecule has 254 valence electrons. The smallest absolute Gasteiger partial charge is 0.429 e. The van der Waals surface area contributed by atoms with Crippen molar-refractivity contribution in [1.29, 1.82) is 0 Å². The van der Waals surface area contributed by atoms with Gasteiger partial charge >= 0.3 is 12.1 Å². The summed E-state index contributed by atoms with van der Waals surface area (Å²) >= 11 is 0. The van der Waals surface area contributed by atoms with Crippen molar-refractivity contribution in [2.45, 2.75) is 49.4 Å². The minimum absolute atomic E-state index is 0.100. The number of hydrogen-bond donors (Lipinski definition) is 3. The number of nitrogens with one attached hydrogen (secondary N) is 1. The Morgan fingerprint density at radius 2 is 1.77 bits per heavy atom. The molecule has 16 heteroatoms. The van der Waals surface area contributed by atoms with E-state index in [9.17, 15) is 31.5 Å². The van der Waals surface area contributed by atoms with E-state index in [0.717, 1.165) is 6.26 Å². The third kappa shape index (κ3) is 6.94. The second-order valence-corrected chi connectivity index (χ2v) is 14.4. The molecule has 1 unspecified atom stereocenters. The van der Waals surface area contributed by atoms with Crippen molar-refractivity contribution >= 4 is 27.6 Å². The van der Waals surface area contributed by atoms with Crippen LogP contribution >= 0.6 is 0 Å². The van der Waals surface area contributed by atoms with Crippen LogP contribution in [0.5, 0.6) is 5.88 Å². The standard InChI is InChI=1S/C32H34F3N7O5S/c1-19-9-12-42(40-19)25-15-21(20-3-6-22(7-4-20)48(2,45)46)5-8-23(25)28(32(33,34)35)47-27-16-26(38-30(36)39-27)41-13-10-31(11-14-41)17-24(29(43)44)37-18-31/h3-9,12,15-16,24,28,37H,10-11,13-14,17-18H2,1-2H3,(H,43,44)(H2,36,38,39)/t24-,28?/m0/s1. The van der Waals surface area contributed by atoms with Gasteiger partial charge in [0, 0.05) is 43.7 Å². The second kappa shape index (κ2) is 12.4. The van der Waals surface area contributed by atoms with Crippen molar-refractivity contribution in [3.63, 3.8) is 0 Å². The van der Waals surface area contributed by atoms with Crippen LogP contribution in [-0.4, -0.2) is 77.4 Å². The molecule has 4 N–H and O–H groups in total. The Bertz CT molecular complexity index is 1940. The largest absolute Gasteiger partial charge is 0.480 e. The molecule has 0 radical (unpaired) electrons. The molecule has 0 aliphatic carbocycles. The van der Waals surface area contributed by atoms with Crippen molar-refractivity contribution in [3.8, 4) is 22.7 Å². The fourth-order valence-electron chi connectivity index (χ4n) is 6.35. The van der Waals surface area contributed by atoms with Gasteiger partial charge in [-0.3, -0.25) is 4.79 Å². The highest BCUT2D eigenvalue weighted by molar-refractivity contribution is 7.90. The van der Waals surface area contributed by atoms with Gasteiger partial charge in [0.2, 0.25) is 17.9 Å². The number of nitrogen functional groups attached to an aromatic ring is 1. The van der Waals surface area contributed by atoms with E-state index >= 15 is 0 Å². The monoisotopic (exact) mass is 685 g/mol. The number of carboxylic acids is 1. The van der Waals surface area contributed by atoms with Crippen LogP contribution in [0.1, 0.15) is 36.6 Å². The third-order valence-corrected chi connectivity index (χ3v) is 10.1. The Balaban J connectivity index is 1.31. The maximum absolute atomic E-state index is 14.8. The van der Waals surface area contributed by atoms with Crippen LogP contribution in [0.2, 0.25) is 0 Å². The van der Waals surface area contributed by atoms with Gasteiger partial charge in [0.25, 0.3) is 0 Å². The second-order valence-electron chi connectivity index (χ2n) is 12.4. The van der Waals surface area contributed by atoms with E-state index in [1.165, 1.54) is 41.1 Å². The molecule has 4 heterocycles. The predicted molar refractivity (Wildman–Crippen MR) is 171 cm³/mol. The van der Waals surface area contributed by atoms with Crippen LogP contribution in [0.4, 0.5) is 24.9 Å². The average Bonchev–Trinajstić information content (AvgIpc) is 3.65. The molecule has 0 amide bonds. The number of halogens is 3. The van der Waals surface area contributed by atoms with Crippen LogP contribution < -0.4 is 20.7 Å². The van der Waals surface area contributed by atoms with E-state index < -0.39 is 34.1 Å². The Labute approximate surface area is 274 Å². The number of carbonyl (C=O) groups is 1. The van der Waals surface area contributed by atoms with Gasteiger partial charge in [-0.2, -0.15) is 28.2 Å². The summed E-state index contributed by atoms with van der Waals surface area (Å²) < 4.78 is 75.3. The van der Waals surface area contributed by atoms with E-state index in [4.69, 9.17) is 10.5 Å². The molecule has 2 atom stereocenters. The van der Waals surface area contributed by atoms with Gasteiger partial charge in [-0.1, -0.05) is 24.3 Å². The molecular formula is C32H34F3N7O5S. The first-order chi connectivity index (χ1) is 22.6. The number of benzene rings is 2. The van der Waals surface area contributed by atoms with Crippen LogP contribution in [0.3, 0.4) is 0 Å². The van der Waals surface area contributed by atoms with E-state index in [-0.39, 0.29) is 33.4 Å². The molecule has 48 heavy (non-hydrogen) atoms. The fourth-order valence-corrected chi connectivity index (χ4v) is 6.98. The van der Waals surface area contributed by atoms with Gasteiger partial charge in [0.1, 0.15) is 11.9 Å². The number of nitrogens with zero attached hydrogens (tertiary/aromatic N) is 5. The molecular weight excluding hydrogens is 651 g/mol. The lowest BCUT2D eigenvalue weighted by molar-refractivity contribution is -0.198. The Morgan fingerprint density at radius 1 is 1.08 bits per heavy atom. The number of rotatable bonds is 8. The SMILES string of the molecule is Cc1ccn(-c2cc(-c3ccc(S(C)(=O)=O)cc3)ccc2C(Oc2cc(N3CCC4(CC3)CN[C@H](C(=O)O)C4)nc(N)n2)C(F)(F)F)n1. The molecule has 0 bridgehead atoms. The number of nitrogens with two attached hydrogens (primary N) is 1. The molecule has 2 aliphatic rings. The van der Waals surface area contributed by atoms with Gasteiger partial charge in [-0.25, -0.2) is 13.1 Å². The molecule has 2 aromatic carbocycles. The van der Waals surface area contributed by atoms with E-state index in [1.807, 2.05) is 4.90 Å². The summed E-state index contributed by atoms with van der Waals surface area (Å²) in [6.45, 7) is 3.29. The maximum atomic E-state index is 14.8. The third-order valence-electron chi connectivity index (χ3n) is 8.95. The highest BCUT2D eigenvalue weighted by Gasteiger charge is 2.46. The molecule has 6 rings (SSSR count). The number of carboxylic acid groups (broad SMARTS) is 1. The number of aromatic nitrogens is 4. The highest BCUT2D eigenvalue weighted by Crippen LogP contribution is 2.43. The van der Waals surface area contributed by atoms with E-state index in [2.05, 4.69) is 20.4 Å². The van der Waals surface area contributed by atoms with Crippen molar-refractivity contribution in [2.75, 3.05) is 36.5 Å². The summed E-state index contributed by atoms with van der Waals surface area (Å²) in [5, 5.41) is 16.8. The molecule has 4 aromatic rings. The number of aliphatic carboxylic acids is 1. The minimum Gasteiger partial charge on any atom is -0.480 e. The highest BCUT2D eigenvalue weighted by atomic mass is 32.2. The Kier molecular flexibility index (Phi) is 8.57. The summed E-state index contributed by atoms with van der Waals surface area (Å²) in [6.07, 6.45) is -2.87. The van der Waals surface area contributed by atoms with Crippen molar-refractivity contribution in [1.82, 2.24) is 25.1 Å². The fraction of sp³-hybridized carbons (Fsp3) is 0.375. The van der Waals surface area contributed by atoms with Gasteiger partial charge in [-0.15, -0.1) is 0 Å². The van der Waals surface area contributed by atoms with Crippen LogP contribution in [-0.2, 0) is 14.6 Å². The van der Waals surface area contributed by atoms with E-state index in [1.54, 1.807) is 31.3 Å². The number of aryl methyl sites for hydroxylation is 1. The van der Waals surface area contributed by atoms with E-state index in [0.29, 0.717) is 61.5 Å². The number of piperidine rings is 1. The number of hydrogen-bond acceptors (Lipinski definition) is 10. The Morgan fingerprint density at radius 3 is 2.35 bits per heavy atom. The number of ether oxygens (including phenoxy) is 1. The molecule has 1 spiro atoms. The normalized spacial score (nSPS) is 18.6. The van der Waals surface area contributed by atoms with Crippen molar-refractivity contribution in [2.24, 2.45) is 5.41 Å². The molecule has 2 aliphatic heterocycles. The molecule has 12 nitrogen and oxygen atoms in total. The van der Waals surface area contributed by atoms with Gasteiger partial charge in [-0.05, 0) is 67.0 Å². The summed E-state index contributed by atoms with van der Waals surface area (Å²) in [6, 6.07) is 12.8. The summed E-state index contributed by atoms with van der Waals surface area (Å²) in [5.41, 5.74) is 7.36. The number of alkyl halides is 3. The number of sulfone groups is 1. The first kappa shape index (κ1) is 33.2. The van der Waals surface area contributed by atoms with Crippen molar-refractivity contribution < 1.29 is 36.2 Å². The predicted octanol–water partition coefficient (Wildman–Crippen LogP) is 4.34. The van der Waals surface area contributed by atoms with Crippen LogP contribution in [0.25, 0.3) is 16.8 Å². The zero-order valence-electron chi connectivity index (χ0n) is 26.1. The summed E-state index contributed by atoms with van der Waals surface area (Å²) in [4.78, 5) is 21.7. The lowest BCUT2D eigenvalue weighted by Gasteiger charge is -2.39. The van der Waals surface area contributed by atoms with Crippen LogP contribution in [0.15, 0.2) is 65.7 Å². The Hall–Kier alpha value is -4.70. The van der Waals surface area contributed by atoms with Gasteiger partial charge in [0.05, 0.1) is 16.3 Å². The molecule has 2 fully saturated rings. The molecule has 2 saturated heterocycles. The molecule has 0 saturated carbocycles. The zero-order valence-corrected chi connectivity index (χ0v) is 26.9. The average molecular weight is 686 g/mol. The first-order valence-electron chi connectivity index (χ1n) is 15.2. The quantitative estimate of drug-likeness (QED) is 0.242. The lowest BCUT2D eigenvalue weighted by atomic mass is 9.76. The lowest BCUT2D eigenvalue weighted by Crippen LogP contribution is -2.41. The first-order valence-corrected chi connectivity index (χ1v) is 17.1. The summed E-state index contributed by atoms with van der Waals surface area (Å²) in [7, 11) is -3.44. The zero-order chi connectivity index (χ0) is 34.4. The van der Waals surface area contributed by atoms with Gasteiger partial charge in [0.15, 0.2) is 9.84 Å². The minimum atomic E-state index is -4.89. The topological polar surface area (TPSA) is 166 Å². The molecule has 2 aromatic heterocycles. The van der Waals surface area contributed by atoms with Crippen LogP contribution in [0, 0.1) is 12.3 Å². The summed E-state index contributed by atoms with van der Waals surface area (Å²) in [5.74, 6) is -1.20.